The van der Waals surface area contributed by atoms with E-state index in [-0.39, 0.29) is 24.1 Å². The largest absolute Gasteiger partial charge is 0.439 e. The first-order chi connectivity index (χ1) is 17.7. The van der Waals surface area contributed by atoms with Crippen molar-refractivity contribution in [3.63, 3.8) is 0 Å². The van der Waals surface area contributed by atoms with Crippen molar-refractivity contribution >= 4 is 0 Å². The number of hydrogen-bond donors (Lipinski definition) is 1. The first kappa shape index (κ1) is 27.3. The summed E-state index contributed by atoms with van der Waals surface area (Å²) in [5.41, 5.74) is 2.26. The Bertz CT molecular complexity index is 1140. The number of aryl methyl sites for hydroxylation is 1. The van der Waals surface area contributed by atoms with Crippen LogP contribution in [0.3, 0.4) is 0 Å². The fraction of sp³-hybridized carbons (Fsp3) is 0.483. The first-order valence-electron chi connectivity index (χ1n) is 12.9. The van der Waals surface area contributed by atoms with Crippen molar-refractivity contribution in [2.45, 2.75) is 58.0 Å². The molecule has 8 heteroatoms. The fourth-order valence-corrected chi connectivity index (χ4v) is 4.49. The van der Waals surface area contributed by atoms with Crippen molar-refractivity contribution in [3.05, 3.63) is 66.0 Å². The molecule has 0 bridgehead atoms. The van der Waals surface area contributed by atoms with Crippen molar-refractivity contribution in [1.82, 2.24) is 14.7 Å². The third kappa shape index (κ3) is 7.85. The maximum Gasteiger partial charge on any atom is 0.222 e. The smallest absolute Gasteiger partial charge is 0.222 e. The second-order valence-corrected chi connectivity index (χ2v) is 10.6. The highest BCUT2D eigenvalue weighted by molar-refractivity contribution is 5.65. The summed E-state index contributed by atoms with van der Waals surface area (Å²) in [5.74, 6) is 0.557. The molecule has 2 aromatic carbocycles. The van der Waals surface area contributed by atoms with Gasteiger partial charge in [-0.1, -0.05) is 36.4 Å². The van der Waals surface area contributed by atoms with Gasteiger partial charge in [0.25, 0.3) is 0 Å². The van der Waals surface area contributed by atoms with Gasteiger partial charge in [-0.25, -0.2) is 9.07 Å². The summed E-state index contributed by atoms with van der Waals surface area (Å²) in [7, 11) is 1.82. The zero-order valence-corrected chi connectivity index (χ0v) is 22.2. The molecule has 1 N–H and O–H groups in total. The van der Waals surface area contributed by atoms with Crippen LogP contribution in [-0.4, -0.2) is 63.9 Å². The molecule has 0 saturated carbocycles. The SMILES string of the molecule is Cn1nc(-c2ccccc2)c(CN(C[C@H](O)COC(C)(C)C)C[C@H]2CCCO2)c1Oc1cccc(F)c1. The van der Waals surface area contributed by atoms with E-state index in [9.17, 15) is 9.50 Å². The van der Waals surface area contributed by atoms with Gasteiger partial charge in [-0.3, -0.25) is 4.90 Å². The van der Waals surface area contributed by atoms with E-state index >= 15 is 0 Å². The lowest BCUT2D eigenvalue weighted by Crippen LogP contribution is -2.40. The second-order valence-electron chi connectivity index (χ2n) is 10.6. The van der Waals surface area contributed by atoms with E-state index in [1.54, 1.807) is 16.8 Å². The van der Waals surface area contributed by atoms with Gasteiger partial charge in [-0.15, -0.1) is 0 Å². The van der Waals surface area contributed by atoms with Crippen molar-refractivity contribution in [1.29, 1.82) is 0 Å². The third-order valence-electron chi connectivity index (χ3n) is 6.19. The molecule has 1 saturated heterocycles. The zero-order chi connectivity index (χ0) is 26.4. The number of benzene rings is 2. The van der Waals surface area contributed by atoms with Gasteiger partial charge in [-0.2, -0.15) is 5.10 Å². The zero-order valence-electron chi connectivity index (χ0n) is 22.2. The molecule has 0 spiro atoms. The minimum absolute atomic E-state index is 0.0974. The Hall–Kier alpha value is -2.78. The van der Waals surface area contributed by atoms with E-state index < -0.39 is 6.10 Å². The molecule has 4 rings (SSSR count). The van der Waals surface area contributed by atoms with Gasteiger partial charge in [0.15, 0.2) is 0 Å². The molecular weight excluding hydrogens is 473 g/mol. The van der Waals surface area contributed by atoms with Gasteiger partial charge >= 0.3 is 0 Å². The second kappa shape index (κ2) is 12.2. The Kier molecular flexibility index (Phi) is 8.97. The maximum atomic E-state index is 13.9. The lowest BCUT2D eigenvalue weighted by molar-refractivity contribution is -0.0594. The molecule has 7 nitrogen and oxygen atoms in total. The summed E-state index contributed by atoms with van der Waals surface area (Å²) < 4.78 is 33.6. The molecule has 0 unspecified atom stereocenters. The van der Waals surface area contributed by atoms with Crippen LogP contribution >= 0.6 is 0 Å². The predicted octanol–water partition coefficient (Wildman–Crippen LogP) is 5.18. The standard InChI is InChI=1S/C29H38FN3O4/c1-29(2,3)36-20-23(34)17-33(18-25-14-9-15-35-25)19-26-27(21-10-6-5-7-11-21)31-32(4)28(26)37-24-13-8-12-22(30)16-24/h5-8,10-13,16,23,25,34H,9,14-15,17-20H2,1-4H3/t23-,25+/m0/s1. The number of nitrogens with zero attached hydrogens (tertiary/aromatic N) is 3. The van der Waals surface area contributed by atoms with E-state index in [4.69, 9.17) is 19.3 Å². The summed E-state index contributed by atoms with van der Waals surface area (Å²) in [4.78, 5) is 2.18. The molecule has 3 aromatic rings. The Morgan fingerprint density at radius 1 is 1.19 bits per heavy atom. The number of aliphatic hydroxyl groups excluding tert-OH is 1. The number of aromatic nitrogens is 2. The molecule has 37 heavy (non-hydrogen) atoms. The monoisotopic (exact) mass is 511 g/mol. The molecule has 2 atom stereocenters. The minimum Gasteiger partial charge on any atom is -0.439 e. The van der Waals surface area contributed by atoms with E-state index in [2.05, 4.69) is 4.90 Å². The number of aliphatic hydroxyl groups is 1. The molecule has 0 radical (unpaired) electrons. The molecule has 1 aromatic heterocycles. The summed E-state index contributed by atoms with van der Waals surface area (Å²) >= 11 is 0. The van der Waals surface area contributed by atoms with Gasteiger partial charge < -0.3 is 19.3 Å². The van der Waals surface area contributed by atoms with E-state index in [0.717, 1.165) is 36.3 Å². The van der Waals surface area contributed by atoms with E-state index in [0.29, 0.717) is 31.3 Å². The summed E-state index contributed by atoms with van der Waals surface area (Å²) in [6.45, 7) is 8.44. The number of rotatable bonds is 11. The van der Waals surface area contributed by atoms with Crippen LogP contribution in [0.2, 0.25) is 0 Å². The van der Waals surface area contributed by atoms with Crippen LogP contribution < -0.4 is 4.74 Å². The molecule has 200 valence electrons. The normalized spacial score (nSPS) is 16.9. The quantitative estimate of drug-likeness (QED) is 0.383. The Morgan fingerprint density at radius 3 is 2.65 bits per heavy atom. The van der Waals surface area contributed by atoms with Crippen LogP contribution in [-0.2, 0) is 23.1 Å². The van der Waals surface area contributed by atoms with Crippen molar-refractivity contribution < 1.29 is 23.7 Å². The Labute approximate surface area is 218 Å². The lowest BCUT2D eigenvalue weighted by Gasteiger charge is -2.29. The maximum absolute atomic E-state index is 13.9. The topological polar surface area (TPSA) is 69.0 Å². The molecular formula is C29H38FN3O4. The van der Waals surface area contributed by atoms with E-state index in [1.165, 1.54) is 12.1 Å². The van der Waals surface area contributed by atoms with Crippen LogP contribution in [0.1, 0.15) is 39.2 Å². The third-order valence-corrected chi connectivity index (χ3v) is 6.19. The predicted molar refractivity (Wildman–Crippen MR) is 141 cm³/mol. The van der Waals surface area contributed by atoms with Crippen molar-refractivity contribution in [2.24, 2.45) is 7.05 Å². The highest BCUT2D eigenvalue weighted by Crippen LogP contribution is 2.34. The summed E-state index contributed by atoms with van der Waals surface area (Å²) in [6.07, 6.45) is 1.44. The van der Waals surface area contributed by atoms with Crippen LogP contribution in [0.15, 0.2) is 54.6 Å². The van der Waals surface area contributed by atoms with Gasteiger partial charge in [0.1, 0.15) is 17.3 Å². The number of ether oxygens (including phenoxy) is 3. The summed E-state index contributed by atoms with van der Waals surface area (Å²) in [5, 5.41) is 15.6. The molecule has 2 heterocycles. The molecule has 0 amide bonds. The van der Waals surface area contributed by atoms with Crippen molar-refractivity contribution in [2.75, 3.05) is 26.3 Å². The van der Waals surface area contributed by atoms with Crippen LogP contribution in [0.4, 0.5) is 4.39 Å². The van der Waals surface area contributed by atoms with Crippen LogP contribution in [0.5, 0.6) is 11.6 Å². The highest BCUT2D eigenvalue weighted by atomic mass is 19.1. The average Bonchev–Trinajstić information content (AvgIpc) is 3.46. The lowest BCUT2D eigenvalue weighted by atomic mass is 10.1. The van der Waals surface area contributed by atoms with Gasteiger partial charge in [0.2, 0.25) is 5.88 Å². The number of halogens is 1. The van der Waals surface area contributed by atoms with E-state index in [1.807, 2.05) is 58.2 Å². The van der Waals surface area contributed by atoms with Crippen LogP contribution in [0, 0.1) is 5.82 Å². The van der Waals surface area contributed by atoms with Gasteiger partial charge in [-0.05, 0) is 45.7 Å². The number of hydrogen-bond acceptors (Lipinski definition) is 6. The highest BCUT2D eigenvalue weighted by Gasteiger charge is 2.27. The van der Waals surface area contributed by atoms with Crippen molar-refractivity contribution in [3.8, 4) is 22.9 Å². The summed E-state index contributed by atoms with van der Waals surface area (Å²) in [6, 6.07) is 16.0. The van der Waals surface area contributed by atoms with Gasteiger partial charge in [0, 0.05) is 44.9 Å². The van der Waals surface area contributed by atoms with Gasteiger partial charge in [0.05, 0.1) is 30.0 Å². The Balaban J connectivity index is 1.65. The minimum atomic E-state index is -0.676. The Morgan fingerprint density at radius 2 is 1.97 bits per heavy atom. The molecule has 1 aliphatic rings. The fourth-order valence-electron chi connectivity index (χ4n) is 4.49. The molecule has 1 fully saturated rings. The molecule has 0 aliphatic carbocycles. The first-order valence-corrected chi connectivity index (χ1v) is 12.9. The molecule has 1 aliphatic heterocycles. The van der Waals surface area contributed by atoms with Crippen LogP contribution in [0.25, 0.3) is 11.3 Å². The average molecular weight is 512 g/mol.